The number of ether oxygens (including phenoxy) is 1. The van der Waals surface area contributed by atoms with Crippen molar-refractivity contribution in [1.82, 2.24) is 9.78 Å². The van der Waals surface area contributed by atoms with Gasteiger partial charge in [0, 0.05) is 17.7 Å². The van der Waals surface area contributed by atoms with E-state index in [4.69, 9.17) is 28.3 Å². The van der Waals surface area contributed by atoms with E-state index in [2.05, 4.69) is 10.1 Å². The standard InChI is InChI=1S/C20H16Cl2F3N3O/c21-16-6-3-5-14(17(16)22)18-15-4-1-2-11-26-19(15)28(27-18)12-7-9-13(10-8-12)29-20(23,24)25/h3,5-10,26H,1-2,4,11H2. The molecule has 4 nitrogen and oxygen atoms in total. The van der Waals surface area contributed by atoms with Crippen molar-refractivity contribution >= 4 is 29.0 Å². The molecule has 0 spiro atoms. The zero-order valence-corrected chi connectivity index (χ0v) is 16.6. The molecule has 29 heavy (non-hydrogen) atoms. The Kier molecular flexibility index (Phi) is 5.36. The smallest absolute Gasteiger partial charge is 0.406 e. The average molecular weight is 442 g/mol. The number of hydrogen-bond donors (Lipinski definition) is 1. The van der Waals surface area contributed by atoms with Gasteiger partial charge in [-0.25, -0.2) is 4.68 Å². The minimum absolute atomic E-state index is 0.287. The van der Waals surface area contributed by atoms with Gasteiger partial charge in [0.25, 0.3) is 0 Å². The molecule has 1 aliphatic heterocycles. The monoisotopic (exact) mass is 441 g/mol. The number of benzene rings is 2. The summed E-state index contributed by atoms with van der Waals surface area (Å²) in [5, 5.41) is 8.96. The van der Waals surface area contributed by atoms with E-state index in [1.165, 1.54) is 24.3 Å². The van der Waals surface area contributed by atoms with Crippen molar-refractivity contribution in [3.8, 4) is 22.7 Å². The molecule has 0 saturated carbocycles. The van der Waals surface area contributed by atoms with Crippen LogP contribution < -0.4 is 10.1 Å². The first kappa shape index (κ1) is 19.9. The third-order valence-corrected chi connectivity index (χ3v) is 5.47. The van der Waals surface area contributed by atoms with E-state index in [9.17, 15) is 13.2 Å². The predicted molar refractivity (Wildman–Crippen MR) is 107 cm³/mol. The highest BCUT2D eigenvalue weighted by atomic mass is 35.5. The Morgan fingerprint density at radius 2 is 1.79 bits per heavy atom. The molecule has 0 saturated heterocycles. The lowest BCUT2D eigenvalue weighted by atomic mass is 10.0. The number of nitrogens with one attached hydrogen (secondary N) is 1. The number of hydrogen-bond acceptors (Lipinski definition) is 3. The lowest BCUT2D eigenvalue weighted by Gasteiger charge is -2.11. The third-order valence-electron chi connectivity index (χ3n) is 4.65. The van der Waals surface area contributed by atoms with Crippen LogP contribution in [0.15, 0.2) is 42.5 Å². The van der Waals surface area contributed by atoms with Gasteiger partial charge in [-0.15, -0.1) is 13.2 Å². The van der Waals surface area contributed by atoms with E-state index in [0.29, 0.717) is 21.4 Å². The lowest BCUT2D eigenvalue weighted by Crippen LogP contribution is -2.17. The largest absolute Gasteiger partial charge is 0.573 e. The summed E-state index contributed by atoms with van der Waals surface area (Å²) in [6, 6.07) is 11.0. The predicted octanol–water partition coefficient (Wildman–Crippen LogP) is 6.49. The molecule has 4 rings (SSSR count). The quantitative estimate of drug-likeness (QED) is 0.504. The normalized spacial score (nSPS) is 14.1. The second-order valence-corrected chi connectivity index (χ2v) is 7.40. The minimum Gasteiger partial charge on any atom is -0.406 e. The van der Waals surface area contributed by atoms with Gasteiger partial charge in [0.15, 0.2) is 0 Å². The number of aromatic nitrogens is 2. The van der Waals surface area contributed by atoms with Crippen molar-refractivity contribution in [2.75, 3.05) is 11.9 Å². The Balaban J connectivity index is 1.80. The summed E-state index contributed by atoms with van der Waals surface area (Å²) in [6.07, 6.45) is -1.96. The lowest BCUT2D eigenvalue weighted by molar-refractivity contribution is -0.274. The first-order valence-corrected chi connectivity index (χ1v) is 9.75. The second-order valence-electron chi connectivity index (χ2n) is 6.61. The van der Waals surface area contributed by atoms with Gasteiger partial charge in [0.05, 0.1) is 21.4 Å². The van der Waals surface area contributed by atoms with Crippen LogP contribution in [-0.2, 0) is 6.42 Å². The number of rotatable bonds is 3. The number of alkyl halides is 3. The van der Waals surface area contributed by atoms with Crippen LogP contribution in [0, 0.1) is 0 Å². The molecule has 0 amide bonds. The summed E-state index contributed by atoms with van der Waals surface area (Å²) in [4.78, 5) is 0. The van der Waals surface area contributed by atoms with Gasteiger partial charge in [0.2, 0.25) is 0 Å². The molecule has 2 aromatic carbocycles. The minimum atomic E-state index is -4.73. The fourth-order valence-electron chi connectivity index (χ4n) is 3.38. The van der Waals surface area contributed by atoms with Gasteiger partial charge in [-0.05, 0) is 49.6 Å². The number of nitrogens with zero attached hydrogens (tertiary/aromatic N) is 2. The van der Waals surface area contributed by atoms with Gasteiger partial charge in [-0.3, -0.25) is 0 Å². The van der Waals surface area contributed by atoms with Gasteiger partial charge in [0.1, 0.15) is 11.6 Å². The molecule has 1 aromatic heterocycles. The second kappa shape index (κ2) is 7.80. The molecule has 0 atom stereocenters. The van der Waals surface area contributed by atoms with Gasteiger partial charge >= 0.3 is 6.36 Å². The summed E-state index contributed by atoms with van der Waals surface area (Å²) in [5.74, 6) is 0.517. The highest BCUT2D eigenvalue weighted by molar-refractivity contribution is 6.43. The summed E-state index contributed by atoms with van der Waals surface area (Å²) in [6.45, 7) is 0.774. The fraction of sp³-hybridized carbons (Fsp3) is 0.250. The Bertz CT molecular complexity index is 1030. The van der Waals surface area contributed by atoms with Crippen molar-refractivity contribution in [2.45, 2.75) is 25.6 Å². The van der Waals surface area contributed by atoms with E-state index < -0.39 is 6.36 Å². The maximum atomic E-state index is 12.4. The van der Waals surface area contributed by atoms with Gasteiger partial charge < -0.3 is 10.1 Å². The van der Waals surface area contributed by atoms with Crippen LogP contribution >= 0.6 is 23.2 Å². The van der Waals surface area contributed by atoms with Crippen LogP contribution in [0.3, 0.4) is 0 Å². The third kappa shape index (κ3) is 4.16. The number of fused-ring (bicyclic) bond motifs is 1. The van der Waals surface area contributed by atoms with Crippen molar-refractivity contribution in [3.63, 3.8) is 0 Å². The van der Waals surface area contributed by atoms with E-state index in [1.54, 1.807) is 10.7 Å². The van der Waals surface area contributed by atoms with Crippen molar-refractivity contribution in [2.24, 2.45) is 0 Å². The van der Waals surface area contributed by atoms with Crippen LogP contribution in [0.2, 0.25) is 10.0 Å². The highest BCUT2D eigenvalue weighted by Gasteiger charge is 2.31. The Morgan fingerprint density at radius 3 is 2.52 bits per heavy atom. The molecule has 0 radical (unpaired) electrons. The molecule has 152 valence electrons. The molecule has 1 N–H and O–H groups in total. The van der Waals surface area contributed by atoms with Crippen LogP contribution in [0.1, 0.15) is 18.4 Å². The molecular formula is C20H16Cl2F3N3O. The Morgan fingerprint density at radius 1 is 1.03 bits per heavy atom. The van der Waals surface area contributed by atoms with E-state index in [0.717, 1.165) is 42.8 Å². The molecule has 3 aromatic rings. The van der Waals surface area contributed by atoms with Crippen molar-refractivity contribution in [1.29, 1.82) is 0 Å². The zero-order valence-electron chi connectivity index (χ0n) is 15.1. The van der Waals surface area contributed by atoms with Crippen LogP contribution in [0.25, 0.3) is 16.9 Å². The molecule has 0 unspecified atom stereocenters. The summed E-state index contributed by atoms with van der Waals surface area (Å²) in [5.41, 5.74) is 3.03. The molecule has 0 fully saturated rings. The van der Waals surface area contributed by atoms with Crippen molar-refractivity contribution in [3.05, 3.63) is 58.1 Å². The first-order chi connectivity index (χ1) is 13.8. The molecule has 0 bridgehead atoms. The number of anilines is 1. The maximum Gasteiger partial charge on any atom is 0.573 e. The first-order valence-electron chi connectivity index (χ1n) is 9.00. The molecule has 1 aliphatic rings. The average Bonchev–Trinajstić information content (AvgIpc) is 2.84. The summed E-state index contributed by atoms with van der Waals surface area (Å²) < 4.78 is 42.9. The highest BCUT2D eigenvalue weighted by Crippen LogP contribution is 2.39. The molecule has 0 aliphatic carbocycles. The zero-order chi connectivity index (χ0) is 20.6. The van der Waals surface area contributed by atoms with Gasteiger partial charge in [-0.2, -0.15) is 5.10 Å². The van der Waals surface area contributed by atoms with E-state index in [-0.39, 0.29) is 5.75 Å². The number of halogens is 5. The van der Waals surface area contributed by atoms with E-state index >= 15 is 0 Å². The summed E-state index contributed by atoms with van der Waals surface area (Å²) >= 11 is 12.6. The van der Waals surface area contributed by atoms with Crippen LogP contribution in [0.4, 0.5) is 19.0 Å². The van der Waals surface area contributed by atoms with Crippen LogP contribution in [-0.4, -0.2) is 22.7 Å². The van der Waals surface area contributed by atoms with Crippen molar-refractivity contribution < 1.29 is 17.9 Å². The van der Waals surface area contributed by atoms with Gasteiger partial charge in [-0.1, -0.05) is 35.3 Å². The SMILES string of the molecule is FC(F)(F)Oc1ccc(-n2nc(-c3cccc(Cl)c3Cl)c3c2NCCCC3)cc1. The fourth-order valence-corrected chi connectivity index (χ4v) is 3.77. The Labute approximate surface area is 175 Å². The topological polar surface area (TPSA) is 39.1 Å². The summed E-state index contributed by atoms with van der Waals surface area (Å²) in [7, 11) is 0. The molecular weight excluding hydrogens is 426 g/mol. The van der Waals surface area contributed by atoms with Crippen LogP contribution in [0.5, 0.6) is 5.75 Å². The molecule has 2 heterocycles. The Hall–Kier alpha value is -2.38. The van der Waals surface area contributed by atoms with E-state index in [1.807, 2.05) is 12.1 Å². The molecule has 9 heteroatoms. The maximum absolute atomic E-state index is 12.4.